The normalized spacial score (nSPS) is 16.1. The lowest BCUT2D eigenvalue weighted by molar-refractivity contribution is 1.05. The average Bonchev–Trinajstić information content (AvgIpc) is 2.30. The molecule has 1 radical (unpaired) electrons. The van der Waals surface area contributed by atoms with Gasteiger partial charge in [-0.05, 0) is 36.5 Å². The van der Waals surface area contributed by atoms with Crippen LogP contribution in [0.4, 0.5) is 0 Å². The second-order valence-corrected chi connectivity index (χ2v) is 3.58. The molecule has 1 heterocycles. The number of benzene rings is 1. The minimum atomic E-state index is 1.25. The van der Waals surface area contributed by atoms with Gasteiger partial charge >= 0.3 is 0 Å². The van der Waals surface area contributed by atoms with Gasteiger partial charge in [0.05, 0.1) is 0 Å². The molecule has 1 aromatic carbocycles. The molecule has 0 aromatic heterocycles. The van der Waals surface area contributed by atoms with Gasteiger partial charge in [0.15, 0.2) is 0 Å². The molecule has 0 atom stereocenters. The van der Waals surface area contributed by atoms with Crippen LogP contribution in [0.1, 0.15) is 16.7 Å². The Balaban J connectivity index is 2.42. The van der Waals surface area contributed by atoms with Crippen LogP contribution in [0, 0.1) is 6.92 Å². The number of hydrogen-bond donors (Lipinski definition) is 0. The van der Waals surface area contributed by atoms with Crippen LogP contribution in [0.15, 0.2) is 18.2 Å². The van der Waals surface area contributed by atoms with Crippen molar-refractivity contribution in [1.29, 1.82) is 0 Å². The summed E-state index contributed by atoms with van der Waals surface area (Å²) in [6.45, 7) is 2.23. The van der Waals surface area contributed by atoms with E-state index in [0.29, 0.717) is 0 Å². The molecule has 1 heteroatoms. The maximum atomic E-state index is 2.42. The highest BCUT2D eigenvalue weighted by molar-refractivity contribution is 6.35. The monoisotopic (exact) mass is 157 g/mol. The van der Waals surface area contributed by atoms with E-state index >= 15 is 0 Å². The molecule has 0 bridgehead atoms. The van der Waals surface area contributed by atoms with Gasteiger partial charge in [-0.25, -0.2) is 0 Å². The van der Waals surface area contributed by atoms with Crippen molar-refractivity contribution < 1.29 is 0 Å². The minimum Gasteiger partial charge on any atom is -0.0763 e. The highest BCUT2D eigenvalue weighted by Crippen LogP contribution is 2.21. The van der Waals surface area contributed by atoms with E-state index in [1.54, 1.807) is 11.1 Å². The van der Waals surface area contributed by atoms with Crippen LogP contribution in [0.5, 0.6) is 0 Å². The third-order valence-corrected chi connectivity index (χ3v) is 2.72. The van der Waals surface area contributed by atoms with E-state index in [1.165, 1.54) is 31.0 Å². The molecule has 0 spiro atoms. The van der Waals surface area contributed by atoms with Crippen molar-refractivity contribution in [2.24, 2.45) is 0 Å². The summed E-state index contributed by atoms with van der Waals surface area (Å²) in [6, 6.07) is 6.69. The van der Waals surface area contributed by atoms with E-state index in [2.05, 4.69) is 32.4 Å². The summed E-state index contributed by atoms with van der Waals surface area (Å²) in [6.07, 6.45) is 5.02. The Hall–Kier alpha value is -0.715. The van der Waals surface area contributed by atoms with E-state index in [1.807, 2.05) is 0 Å². The van der Waals surface area contributed by atoms with Crippen LogP contribution in [-0.4, -0.2) is 7.28 Å². The SMILES string of the molecule is Cc1cccc2c1CC[B]CC2. The first-order valence-corrected chi connectivity index (χ1v) is 4.77. The van der Waals surface area contributed by atoms with Crippen LogP contribution in [-0.2, 0) is 12.8 Å². The largest absolute Gasteiger partial charge is 0.110 e. The molecular weight excluding hydrogens is 143 g/mol. The van der Waals surface area contributed by atoms with Crippen molar-refractivity contribution in [3.8, 4) is 0 Å². The molecule has 2 rings (SSSR count). The number of fused-ring (bicyclic) bond motifs is 1. The summed E-state index contributed by atoms with van der Waals surface area (Å²) >= 11 is 0. The smallest absolute Gasteiger partial charge is 0.0763 e. The second kappa shape index (κ2) is 3.34. The van der Waals surface area contributed by atoms with Crippen LogP contribution >= 0.6 is 0 Å². The first kappa shape index (κ1) is 7.91. The molecular formula is C11H14B. The van der Waals surface area contributed by atoms with Crippen molar-refractivity contribution >= 4 is 7.28 Å². The van der Waals surface area contributed by atoms with Gasteiger partial charge in [-0.1, -0.05) is 30.8 Å². The van der Waals surface area contributed by atoms with Gasteiger partial charge in [0.1, 0.15) is 7.28 Å². The lowest BCUT2D eigenvalue weighted by Gasteiger charge is -2.08. The summed E-state index contributed by atoms with van der Waals surface area (Å²) in [5, 5.41) is 0. The van der Waals surface area contributed by atoms with Crippen LogP contribution in [0.2, 0.25) is 12.6 Å². The van der Waals surface area contributed by atoms with Crippen LogP contribution in [0.25, 0.3) is 0 Å². The number of aryl methyl sites for hydroxylation is 2. The Kier molecular flexibility index (Phi) is 2.20. The molecule has 1 aromatic rings. The topological polar surface area (TPSA) is 0 Å². The maximum absolute atomic E-state index is 2.42. The van der Waals surface area contributed by atoms with Gasteiger partial charge in [-0.2, -0.15) is 0 Å². The zero-order valence-corrected chi connectivity index (χ0v) is 7.64. The molecule has 0 saturated heterocycles. The fraction of sp³-hybridized carbons (Fsp3) is 0.455. The van der Waals surface area contributed by atoms with E-state index in [9.17, 15) is 0 Å². The first-order chi connectivity index (χ1) is 5.88. The third-order valence-electron chi connectivity index (χ3n) is 2.72. The van der Waals surface area contributed by atoms with Crippen molar-refractivity contribution in [2.75, 3.05) is 0 Å². The Morgan fingerprint density at radius 2 is 2.00 bits per heavy atom. The van der Waals surface area contributed by atoms with Gasteiger partial charge in [0.2, 0.25) is 0 Å². The molecule has 0 aliphatic carbocycles. The van der Waals surface area contributed by atoms with E-state index < -0.39 is 0 Å². The van der Waals surface area contributed by atoms with E-state index in [4.69, 9.17) is 0 Å². The predicted octanol–water partition coefficient (Wildman–Crippen LogP) is 2.63. The van der Waals surface area contributed by atoms with Crippen molar-refractivity contribution in [2.45, 2.75) is 32.4 Å². The van der Waals surface area contributed by atoms with Gasteiger partial charge < -0.3 is 0 Å². The number of hydrogen-bond acceptors (Lipinski definition) is 0. The van der Waals surface area contributed by atoms with Gasteiger partial charge in [-0.3, -0.25) is 0 Å². The third kappa shape index (κ3) is 1.41. The Bertz CT molecular complexity index is 278. The van der Waals surface area contributed by atoms with Gasteiger partial charge in [-0.15, -0.1) is 0 Å². The lowest BCUT2D eigenvalue weighted by Crippen LogP contribution is -1.93. The van der Waals surface area contributed by atoms with Crippen LogP contribution < -0.4 is 0 Å². The minimum absolute atomic E-state index is 1.25. The molecule has 0 N–H and O–H groups in total. The van der Waals surface area contributed by atoms with Gasteiger partial charge in [0, 0.05) is 0 Å². The highest BCUT2D eigenvalue weighted by atomic mass is 14.1. The molecule has 0 fully saturated rings. The van der Waals surface area contributed by atoms with E-state index in [0.717, 1.165) is 0 Å². The molecule has 1 aliphatic heterocycles. The summed E-state index contributed by atoms with van der Waals surface area (Å²) in [4.78, 5) is 0. The summed E-state index contributed by atoms with van der Waals surface area (Å²) in [7, 11) is 2.42. The molecule has 61 valence electrons. The van der Waals surface area contributed by atoms with Gasteiger partial charge in [0.25, 0.3) is 0 Å². The summed E-state index contributed by atoms with van der Waals surface area (Å²) in [5.74, 6) is 0. The lowest BCUT2D eigenvalue weighted by atomic mass is 9.70. The van der Waals surface area contributed by atoms with Crippen molar-refractivity contribution in [3.63, 3.8) is 0 Å². The molecule has 12 heavy (non-hydrogen) atoms. The predicted molar refractivity (Wildman–Crippen MR) is 54.0 cm³/mol. The number of rotatable bonds is 0. The quantitative estimate of drug-likeness (QED) is 0.508. The molecule has 0 unspecified atom stereocenters. The summed E-state index contributed by atoms with van der Waals surface area (Å²) < 4.78 is 0. The molecule has 0 amide bonds. The fourth-order valence-electron chi connectivity index (χ4n) is 2.00. The molecule has 1 aliphatic rings. The van der Waals surface area contributed by atoms with Crippen molar-refractivity contribution in [3.05, 3.63) is 34.9 Å². The van der Waals surface area contributed by atoms with Crippen LogP contribution in [0.3, 0.4) is 0 Å². The average molecular weight is 157 g/mol. The zero-order valence-electron chi connectivity index (χ0n) is 7.64. The standard InChI is InChI=1S/C11H14B/c1-9-3-2-4-10-5-7-12-8-6-11(9)10/h2-4H,5-8H2,1H3. The molecule has 0 saturated carbocycles. The summed E-state index contributed by atoms with van der Waals surface area (Å²) in [5.41, 5.74) is 4.65. The zero-order chi connectivity index (χ0) is 8.39. The molecule has 0 nitrogen and oxygen atoms in total. The fourth-order valence-corrected chi connectivity index (χ4v) is 2.00. The highest BCUT2D eigenvalue weighted by Gasteiger charge is 2.09. The Morgan fingerprint density at radius 3 is 2.92 bits per heavy atom. The van der Waals surface area contributed by atoms with Crippen molar-refractivity contribution in [1.82, 2.24) is 0 Å². The first-order valence-electron chi connectivity index (χ1n) is 4.77. The second-order valence-electron chi connectivity index (χ2n) is 3.58. The van der Waals surface area contributed by atoms with E-state index in [-0.39, 0.29) is 0 Å². The Morgan fingerprint density at radius 1 is 1.17 bits per heavy atom. The maximum Gasteiger partial charge on any atom is 0.110 e. The Labute approximate surface area is 75.2 Å².